The molecule has 0 radical (unpaired) electrons. The van der Waals surface area contributed by atoms with Crippen molar-refractivity contribution >= 4 is 12.0 Å². The van der Waals surface area contributed by atoms with Gasteiger partial charge >= 0.3 is 12.0 Å². The molecule has 1 saturated carbocycles. The summed E-state index contributed by atoms with van der Waals surface area (Å²) in [4.78, 5) is 24.7. The molecule has 0 bridgehead atoms. The number of carboxylic acids is 1. The second kappa shape index (κ2) is 6.46. The molecule has 1 saturated heterocycles. The van der Waals surface area contributed by atoms with E-state index in [0.717, 1.165) is 12.3 Å². The molecule has 1 heterocycles. The number of hydrogen-bond acceptors (Lipinski definition) is 2. The Balaban J connectivity index is 1.64. The zero-order valence-electron chi connectivity index (χ0n) is 12.4. The molecule has 1 aliphatic carbocycles. The zero-order chi connectivity index (χ0) is 14.6. The normalized spacial score (nSPS) is 26.9. The van der Waals surface area contributed by atoms with Crippen molar-refractivity contribution in [3.05, 3.63) is 0 Å². The number of hydrogen-bond donors (Lipinski definition) is 2. The Morgan fingerprint density at radius 3 is 2.65 bits per heavy atom. The third-order valence-corrected chi connectivity index (χ3v) is 4.82. The van der Waals surface area contributed by atoms with E-state index in [9.17, 15) is 9.59 Å². The summed E-state index contributed by atoms with van der Waals surface area (Å²) in [7, 11) is 0. The Bertz CT molecular complexity index is 366. The van der Waals surface area contributed by atoms with Gasteiger partial charge in [-0.1, -0.05) is 25.7 Å². The summed E-state index contributed by atoms with van der Waals surface area (Å²) >= 11 is 0. The summed E-state index contributed by atoms with van der Waals surface area (Å²) in [5, 5.41) is 12.1. The number of rotatable bonds is 5. The van der Waals surface area contributed by atoms with Crippen LogP contribution >= 0.6 is 0 Å². The van der Waals surface area contributed by atoms with E-state index < -0.39 is 11.4 Å². The molecule has 2 amide bonds. The van der Waals surface area contributed by atoms with Crippen LogP contribution in [0.15, 0.2) is 0 Å². The van der Waals surface area contributed by atoms with Crippen LogP contribution in [0, 0.1) is 11.3 Å². The van der Waals surface area contributed by atoms with E-state index in [1.165, 1.54) is 32.1 Å². The molecule has 20 heavy (non-hydrogen) atoms. The third-order valence-electron chi connectivity index (χ3n) is 4.82. The third kappa shape index (κ3) is 3.64. The Kier molecular flexibility index (Phi) is 4.89. The molecular weight excluding hydrogens is 256 g/mol. The summed E-state index contributed by atoms with van der Waals surface area (Å²) < 4.78 is 0. The molecule has 2 rings (SSSR count). The average Bonchev–Trinajstić information content (AvgIpc) is 3.04. The maximum atomic E-state index is 12.0. The van der Waals surface area contributed by atoms with Gasteiger partial charge in [0.2, 0.25) is 0 Å². The van der Waals surface area contributed by atoms with Crippen molar-refractivity contribution in [3.63, 3.8) is 0 Å². The van der Waals surface area contributed by atoms with E-state index in [-0.39, 0.29) is 6.03 Å². The fourth-order valence-corrected chi connectivity index (χ4v) is 3.31. The highest BCUT2D eigenvalue weighted by atomic mass is 16.4. The molecule has 5 heteroatoms. The maximum absolute atomic E-state index is 12.0. The van der Waals surface area contributed by atoms with E-state index in [1.807, 2.05) is 0 Å². The molecule has 2 N–H and O–H groups in total. The summed E-state index contributed by atoms with van der Waals surface area (Å²) in [6, 6.07) is -0.110. The summed E-state index contributed by atoms with van der Waals surface area (Å²) in [6.07, 6.45) is 8.18. The molecule has 0 aromatic carbocycles. The molecule has 1 unspecified atom stereocenters. The quantitative estimate of drug-likeness (QED) is 0.761. The van der Waals surface area contributed by atoms with Gasteiger partial charge in [-0.15, -0.1) is 0 Å². The first-order valence-corrected chi connectivity index (χ1v) is 7.77. The van der Waals surface area contributed by atoms with Crippen LogP contribution in [0.1, 0.15) is 51.9 Å². The predicted octanol–water partition coefficient (Wildman–Crippen LogP) is 2.46. The summed E-state index contributed by atoms with van der Waals surface area (Å²) in [5.41, 5.74) is -0.777. The highest BCUT2D eigenvalue weighted by Crippen LogP contribution is 2.30. The molecule has 1 aliphatic heterocycles. The number of likely N-dealkylation sites (tertiary alicyclic amines) is 1. The lowest BCUT2D eigenvalue weighted by Gasteiger charge is -2.20. The van der Waals surface area contributed by atoms with Gasteiger partial charge in [-0.25, -0.2) is 4.79 Å². The number of amides is 2. The average molecular weight is 282 g/mol. The van der Waals surface area contributed by atoms with Crippen molar-refractivity contribution in [2.45, 2.75) is 51.9 Å². The Morgan fingerprint density at radius 1 is 1.35 bits per heavy atom. The number of carbonyl (C=O) groups is 2. The molecule has 2 aliphatic rings. The second-order valence-corrected chi connectivity index (χ2v) is 6.56. The van der Waals surface area contributed by atoms with E-state index in [2.05, 4.69) is 5.32 Å². The maximum Gasteiger partial charge on any atom is 0.317 e. The summed E-state index contributed by atoms with van der Waals surface area (Å²) in [6.45, 7) is 3.27. The molecule has 2 fully saturated rings. The van der Waals surface area contributed by atoms with Crippen molar-refractivity contribution in [1.29, 1.82) is 0 Å². The number of carboxylic acid groups (broad SMARTS) is 1. The molecule has 0 spiro atoms. The Hall–Kier alpha value is -1.26. The molecule has 0 aromatic rings. The molecule has 5 nitrogen and oxygen atoms in total. The first kappa shape index (κ1) is 15.1. The smallest absolute Gasteiger partial charge is 0.317 e. The van der Waals surface area contributed by atoms with Crippen molar-refractivity contribution in [2.24, 2.45) is 11.3 Å². The van der Waals surface area contributed by atoms with E-state index in [0.29, 0.717) is 26.1 Å². The largest absolute Gasteiger partial charge is 0.481 e. The highest BCUT2D eigenvalue weighted by molar-refractivity contribution is 5.79. The molecular formula is C15H26N2O3. The van der Waals surface area contributed by atoms with Gasteiger partial charge in [0.25, 0.3) is 0 Å². The van der Waals surface area contributed by atoms with Crippen LogP contribution in [0.4, 0.5) is 4.79 Å². The lowest BCUT2D eigenvalue weighted by Crippen LogP contribution is -2.41. The van der Waals surface area contributed by atoms with Crippen LogP contribution in [0.2, 0.25) is 0 Å². The van der Waals surface area contributed by atoms with Gasteiger partial charge in [0.15, 0.2) is 0 Å². The van der Waals surface area contributed by atoms with Crippen LogP contribution in [0.25, 0.3) is 0 Å². The Labute approximate surface area is 120 Å². The second-order valence-electron chi connectivity index (χ2n) is 6.56. The number of aliphatic carboxylic acids is 1. The molecule has 1 atom stereocenters. The predicted molar refractivity (Wildman–Crippen MR) is 76.5 cm³/mol. The van der Waals surface area contributed by atoms with Crippen molar-refractivity contribution in [3.8, 4) is 0 Å². The fraction of sp³-hybridized carbons (Fsp3) is 0.867. The SMILES string of the molecule is CC1(C(=O)O)CCN(C(=O)NCCCC2CCCC2)C1. The van der Waals surface area contributed by atoms with E-state index in [1.54, 1.807) is 11.8 Å². The molecule has 0 aromatic heterocycles. The topological polar surface area (TPSA) is 69.6 Å². The number of carbonyl (C=O) groups excluding carboxylic acids is 1. The number of nitrogens with zero attached hydrogens (tertiary/aromatic N) is 1. The number of nitrogens with one attached hydrogen (secondary N) is 1. The van der Waals surface area contributed by atoms with Crippen molar-refractivity contribution in [1.82, 2.24) is 10.2 Å². The zero-order valence-corrected chi connectivity index (χ0v) is 12.4. The molecule has 114 valence electrons. The van der Waals surface area contributed by atoms with Gasteiger partial charge in [0, 0.05) is 19.6 Å². The van der Waals surface area contributed by atoms with Crippen molar-refractivity contribution in [2.75, 3.05) is 19.6 Å². The van der Waals surface area contributed by atoms with Gasteiger partial charge in [0.05, 0.1) is 5.41 Å². The van der Waals surface area contributed by atoms with Crippen LogP contribution < -0.4 is 5.32 Å². The van der Waals surface area contributed by atoms with Crippen LogP contribution in [0.5, 0.6) is 0 Å². The van der Waals surface area contributed by atoms with E-state index in [4.69, 9.17) is 5.11 Å². The summed E-state index contributed by atoms with van der Waals surface area (Å²) in [5.74, 6) is 0.0445. The minimum Gasteiger partial charge on any atom is -0.481 e. The minimum absolute atomic E-state index is 0.110. The van der Waals surface area contributed by atoms with Gasteiger partial charge in [-0.3, -0.25) is 4.79 Å². The van der Waals surface area contributed by atoms with Crippen molar-refractivity contribution < 1.29 is 14.7 Å². The first-order chi connectivity index (χ1) is 9.51. The first-order valence-electron chi connectivity index (χ1n) is 7.77. The van der Waals surface area contributed by atoms with Crippen LogP contribution in [0.3, 0.4) is 0 Å². The fourth-order valence-electron chi connectivity index (χ4n) is 3.31. The van der Waals surface area contributed by atoms with Gasteiger partial charge in [-0.2, -0.15) is 0 Å². The van der Waals surface area contributed by atoms with Crippen LogP contribution in [-0.2, 0) is 4.79 Å². The van der Waals surface area contributed by atoms with Gasteiger partial charge in [0.1, 0.15) is 0 Å². The lowest BCUT2D eigenvalue weighted by molar-refractivity contribution is -0.146. The minimum atomic E-state index is -0.811. The van der Waals surface area contributed by atoms with E-state index >= 15 is 0 Å². The van der Waals surface area contributed by atoms with Gasteiger partial charge in [-0.05, 0) is 32.1 Å². The van der Waals surface area contributed by atoms with Gasteiger partial charge < -0.3 is 15.3 Å². The highest BCUT2D eigenvalue weighted by Gasteiger charge is 2.42. The Morgan fingerprint density at radius 2 is 2.05 bits per heavy atom. The van der Waals surface area contributed by atoms with Crippen LogP contribution in [-0.4, -0.2) is 41.6 Å². The number of urea groups is 1. The standard InChI is InChI=1S/C15H26N2O3/c1-15(13(18)19)8-10-17(11-15)14(20)16-9-4-7-12-5-2-3-6-12/h12H,2-11H2,1H3,(H,16,20)(H,18,19). The lowest BCUT2D eigenvalue weighted by atomic mass is 9.90. The monoisotopic (exact) mass is 282 g/mol.